The van der Waals surface area contributed by atoms with Gasteiger partial charge in [-0.25, -0.2) is 0 Å². The second kappa shape index (κ2) is 6.22. The molecule has 7 heteroatoms. The van der Waals surface area contributed by atoms with Gasteiger partial charge in [-0.2, -0.15) is 5.10 Å². The second-order valence-corrected chi connectivity index (χ2v) is 5.71. The van der Waals surface area contributed by atoms with E-state index in [0.717, 1.165) is 22.4 Å². The molecule has 0 saturated heterocycles. The molecule has 2 rings (SSSR count). The topological polar surface area (TPSA) is 42.7 Å². The van der Waals surface area contributed by atoms with Gasteiger partial charge in [0.15, 0.2) is 0 Å². The molecule has 4 nitrogen and oxygen atoms in total. The fraction of sp³-hybridized carbons (Fsp3) is 0.333. The highest BCUT2D eigenvalue weighted by Gasteiger charge is 2.23. The summed E-state index contributed by atoms with van der Waals surface area (Å²) in [6, 6.07) is 1.55. The molecule has 1 unspecified atom stereocenters. The van der Waals surface area contributed by atoms with Gasteiger partial charge in [0.05, 0.1) is 38.1 Å². The Morgan fingerprint density at radius 1 is 1.42 bits per heavy atom. The molecule has 2 aromatic rings. The van der Waals surface area contributed by atoms with Gasteiger partial charge in [0, 0.05) is 13.2 Å². The summed E-state index contributed by atoms with van der Waals surface area (Å²) < 4.78 is 2.71. The summed E-state index contributed by atoms with van der Waals surface area (Å²) in [6.07, 6.45) is 3.35. The molecular weight excluding hydrogens is 351 g/mol. The lowest BCUT2D eigenvalue weighted by atomic mass is 10.1. The Morgan fingerprint density at radius 2 is 2.16 bits per heavy atom. The van der Waals surface area contributed by atoms with Gasteiger partial charge in [-0.05, 0) is 28.5 Å². The Balaban J connectivity index is 2.51. The third kappa shape index (κ3) is 3.11. The highest BCUT2D eigenvalue weighted by Crippen LogP contribution is 2.31. The Kier molecular flexibility index (Phi) is 4.84. The van der Waals surface area contributed by atoms with Gasteiger partial charge in [0.1, 0.15) is 0 Å². The van der Waals surface area contributed by atoms with Crippen molar-refractivity contribution in [3.63, 3.8) is 0 Å². The van der Waals surface area contributed by atoms with E-state index in [1.165, 1.54) is 0 Å². The van der Waals surface area contributed by atoms with E-state index in [4.69, 9.17) is 23.2 Å². The number of nitrogens with zero attached hydrogens (tertiary/aromatic N) is 3. The first kappa shape index (κ1) is 14.8. The molecule has 2 aromatic heterocycles. The van der Waals surface area contributed by atoms with Crippen LogP contribution in [0.2, 0.25) is 10.0 Å². The van der Waals surface area contributed by atoms with E-state index in [-0.39, 0.29) is 6.04 Å². The van der Waals surface area contributed by atoms with Gasteiger partial charge in [-0.1, -0.05) is 30.1 Å². The Hall–Kier alpha value is -0.620. The maximum absolute atomic E-state index is 6.25. The van der Waals surface area contributed by atoms with Crippen molar-refractivity contribution in [3.05, 3.63) is 44.4 Å². The zero-order chi connectivity index (χ0) is 14.0. The summed E-state index contributed by atoms with van der Waals surface area (Å²) in [7, 11) is 1.88. The van der Waals surface area contributed by atoms with E-state index in [0.29, 0.717) is 10.0 Å². The van der Waals surface area contributed by atoms with E-state index in [1.807, 2.05) is 14.0 Å². The van der Waals surface area contributed by atoms with Crippen molar-refractivity contribution >= 4 is 39.1 Å². The molecule has 1 N–H and O–H groups in total. The van der Waals surface area contributed by atoms with Crippen molar-refractivity contribution in [2.45, 2.75) is 13.0 Å². The molecule has 1 atom stereocenters. The van der Waals surface area contributed by atoms with Gasteiger partial charge in [0.2, 0.25) is 0 Å². The standard InChI is InChI=1S/C12H13BrCl2N4/c1-3-16-11(12-8(13)6-18-19(12)2)10-9(15)4-7(14)5-17-10/h4-6,11,16H,3H2,1-2H3. The van der Waals surface area contributed by atoms with E-state index >= 15 is 0 Å². The fourth-order valence-electron chi connectivity index (χ4n) is 1.91. The highest BCUT2D eigenvalue weighted by molar-refractivity contribution is 9.10. The number of aryl methyl sites for hydroxylation is 1. The molecule has 0 aliphatic carbocycles. The van der Waals surface area contributed by atoms with Crippen molar-refractivity contribution < 1.29 is 0 Å². The monoisotopic (exact) mass is 362 g/mol. The molecule has 2 heterocycles. The quantitative estimate of drug-likeness (QED) is 0.902. The van der Waals surface area contributed by atoms with Crippen LogP contribution in [0.25, 0.3) is 0 Å². The highest BCUT2D eigenvalue weighted by atomic mass is 79.9. The van der Waals surface area contributed by atoms with Gasteiger partial charge in [-0.3, -0.25) is 9.67 Å². The number of halogens is 3. The molecule has 0 radical (unpaired) electrons. The second-order valence-electron chi connectivity index (χ2n) is 4.01. The van der Waals surface area contributed by atoms with Crippen LogP contribution in [0.5, 0.6) is 0 Å². The van der Waals surface area contributed by atoms with Crippen LogP contribution in [0, 0.1) is 0 Å². The van der Waals surface area contributed by atoms with Crippen LogP contribution < -0.4 is 5.32 Å². The largest absolute Gasteiger partial charge is 0.304 e. The van der Waals surface area contributed by atoms with Crippen molar-refractivity contribution in [2.24, 2.45) is 7.05 Å². The minimum absolute atomic E-state index is 0.142. The number of pyridine rings is 1. The molecule has 0 aliphatic heterocycles. The summed E-state index contributed by atoms with van der Waals surface area (Å²) in [5.74, 6) is 0. The predicted octanol–water partition coefficient (Wildman–Crippen LogP) is 3.58. The number of hydrogen-bond donors (Lipinski definition) is 1. The number of rotatable bonds is 4. The Bertz CT molecular complexity index is 566. The molecule has 0 saturated carbocycles. The van der Waals surface area contributed by atoms with Crippen LogP contribution in [0.15, 0.2) is 22.9 Å². The van der Waals surface area contributed by atoms with E-state index in [9.17, 15) is 0 Å². The van der Waals surface area contributed by atoms with Crippen LogP contribution in [0.3, 0.4) is 0 Å². The van der Waals surface area contributed by atoms with Gasteiger partial charge in [-0.15, -0.1) is 0 Å². The summed E-state index contributed by atoms with van der Waals surface area (Å²) >= 11 is 15.6. The lowest BCUT2D eigenvalue weighted by Gasteiger charge is -2.19. The van der Waals surface area contributed by atoms with Gasteiger partial charge in [0.25, 0.3) is 0 Å². The first-order valence-corrected chi connectivity index (χ1v) is 7.31. The molecular formula is C12H13BrCl2N4. The molecule has 0 aromatic carbocycles. The fourth-order valence-corrected chi connectivity index (χ4v) is 2.98. The smallest absolute Gasteiger partial charge is 0.0948 e. The van der Waals surface area contributed by atoms with Crippen LogP contribution in [0.1, 0.15) is 24.4 Å². The van der Waals surface area contributed by atoms with Crippen LogP contribution in [-0.2, 0) is 7.05 Å². The molecule has 0 aliphatic rings. The van der Waals surface area contributed by atoms with E-state index in [2.05, 4.69) is 31.3 Å². The maximum atomic E-state index is 6.25. The summed E-state index contributed by atoms with van der Waals surface area (Å²) in [4.78, 5) is 4.35. The van der Waals surface area contributed by atoms with E-state index in [1.54, 1.807) is 23.1 Å². The lowest BCUT2D eigenvalue weighted by Crippen LogP contribution is -2.25. The van der Waals surface area contributed by atoms with Crippen molar-refractivity contribution in [3.8, 4) is 0 Å². The van der Waals surface area contributed by atoms with Crippen molar-refractivity contribution in [1.82, 2.24) is 20.1 Å². The molecule has 0 amide bonds. The number of hydrogen-bond acceptors (Lipinski definition) is 3. The average Bonchev–Trinajstić information content (AvgIpc) is 2.67. The van der Waals surface area contributed by atoms with Crippen LogP contribution >= 0.6 is 39.1 Å². The first-order chi connectivity index (χ1) is 9.04. The van der Waals surface area contributed by atoms with E-state index < -0.39 is 0 Å². The zero-order valence-electron chi connectivity index (χ0n) is 10.5. The van der Waals surface area contributed by atoms with Crippen molar-refractivity contribution in [2.75, 3.05) is 6.54 Å². The third-order valence-corrected chi connectivity index (χ3v) is 3.85. The SMILES string of the molecule is CCNC(c1ncc(Cl)cc1Cl)c1c(Br)cnn1C. The summed E-state index contributed by atoms with van der Waals surface area (Å²) in [5, 5.41) is 8.64. The minimum Gasteiger partial charge on any atom is -0.304 e. The van der Waals surface area contributed by atoms with Crippen LogP contribution in [-0.4, -0.2) is 21.3 Å². The van der Waals surface area contributed by atoms with Crippen LogP contribution in [0.4, 0.5) is 0 Å². The normalized spacial score (nSPS) is 12.7. The maximum Gasteiger partial charge on any atom is 0.0948 e. The minimum atomic E-state index is -0.142. The molecule has 19 heavy (non-hydrogen) atoms. The number of aromatic nitrogens is 3. The first-order valence-electron chi connectivity index (χ1n) is 5.76. The Morgan fingerprint density at radius 3 is 2.68 bits per heavy atom. The average molecular weight is 364 g/mol. The third-order valence-electron chi connectivity index (χ3n) is 2.73. The summed E-state index contributed by atoms with van der Waals surface area (Å²) in [6.45, 7) is 2.81. The zero-order valence-corrected chi connectivity index (χ0v) is 13.6. The molecule has 0 spiro atoms. The Labute approximate surface area is 130 Å². The lowest BCUT2D eigenvalue weighted by molar-refractivity contribution is 0.560. The van der Waals surface area contributed by atoms with Crippen molar-refractivity contribution in [1.29, 1.82) is 0 Å². The summed E-state index contributed by atoms with van der Waals surface area (Å²) in [5.41, 5.74) is 1.70. The molecule has 102 valence electrons. The van der Waals surface area contributed by atoms with Gasteiger partial charge >= 0.3 is 0 Å². The molecule has 0 bridgehead atoms. The number of nitrogens with one attached hydrogen (secondary N) is 1. The van der Waals surface area contributed by atoms with Gasteiger partial charge < -0.3 is 5.32 Å². The molecule has 0 fully saturated rings. The predicted molar refractivity (Wildman–Crippen MR) is 80.7 cm³/mol.